The third-order valence-corrected chi connectivity index (χ3v) is 4.17. The van der Waals surface area contributed by atoms with E-state index < -0.39 is 5.91 Å². The van der Waals surface area contributed by atoms with E-state index in [9.17, 15) is 10.1 Å². The Bertz CT molecular complexity index is 995. The molecule has 3 rings (SSSR count). The molecule has 1 N–H and O–H groups in total. The second kappa shape index (κ2) is 6.73. The molecule has 0 radical (unpaired) electrons. The van der Waals surface area contributed by atoms with Gasteiger partial charge in [0.2, 0.25) is 0 Å². The Morgan fingerprint density at radius 1 is 1.25 bits per heavy atom. The number of benzene rings is 2. The van der Waals surface area contributed by atoms with E-state index in [4.69, 9.17) is 0 Å². The van der Waals surface area contributed by atoms with Gasteiger partial charge in [-0.3, -0.25) is 4.79 Å². The van der Waals surface area contributed by atoms with Gasteiger partial charge in [0.25, 0.3) is 5.91 Å². The number of nitriles is 1. The molecule has 0 unspecified atom stereocenters. The zero-order valence-electron chi connectivity index (χ0n) is 13.0. The van der Waals surface area contributed by atoms with Crippen molar-refractivity contribution in [2.24, 2.45) is 7.05 Å². The summed E-state index contributed by atoms with van der Waals surface area (Å²) in [5.41, 5.74) is 2.59. The number of anilines is 1. The first kappa shape index (κ1) is 16.0. The van der Waals surface area contributed by atoms with E-state index in [1.807, 2.05) is 60.3 Å². The smallest absolute Gasteiger partial charge is 0.266 e. The van der Waals surface area contributed by atoms with Crippen molar-refractivity contribution in [3.63, 3.8) is 0 Å². The Balaban J connectivity index is 1.94. The van der Waals surface area contributed by atoms with Crippen molar-refractivity contribution in [1.82, 2.24) is 4.57 Å². The summed E-state index contributed by atoms with van der Waals surface area (Å²) in [6, 6.07) is 17.1. The number of carbonyl (C=O) groups is 1. The maximum atomic E-state index is 12.4. The van der Waals surface area contributed by atoms with Gasteiger partial charge in [-0.05, 0) is 30.3 Å². The van der Waals surface area contributed by atoms with Gasteiger partial charge < -0.3 is 9.88 Å². The molecule has 0 spiro atoms. The minimum absolute atomic E-state index is 0.0614. The molecule has 2 aromatic carbocycles. The number of fused-ring (bicyclic) bond motifs is 1. The zero-order valence-corrected chi connectivity index (χ0v) is 14.5. The highest BCUT2D eigenvalue weighted by Gasteiger charge is 2.12. The molecule has 1 aromatic heterocycles. The molecule has 0 saturated carbocycles. The van der Waals surface area contributed by atoms with Crippen molar-refractivity contribution in [2.75, 3.05) is 5.32 Å². The van der Waals surface area contributed by atoms with Crippen LogP contribution in [0.2, 0.25) is 0 Å². The summed E-state index contributed by atoms with van der Waals surface area (Å²) in [5, 5.41) is 13.1. The molecule has 5 heteroatoms. The number of hydrogen-bond acceptors (Lipinski definition) is 2. The third kappa shape index (κ3) is 3.24. The molecular formula is C19H14BrN3O. The summed E-state index contributed by atoms with van der Waals surface area (Å²) in [6.45, 7) is 0. The van der Waals surface area contributed by atoms with Gasteiger partial charge in [-0.15, -0.1) is 0 Å². The summed E-state index contributed by atoms with van der Waals surface area (Å²) in [6.07, 6.45) is 3.53. The van der Waals surface area contributed by atoms with Gasteiger partial charge in [0.1, 0.15) is 11.6 Å². The fraction of sp³-hybridized carbons (Fsp3) is 0.0526. The monoisotopic (exact) mass is 379 g/mol. The summed E-state index contributed by atoms with van der Waals surface area (Å²) >= 11 is 3.36. The van der Waals surface area contributed by atoms with Crippen LogP contribution in [-0.2, 0) is 11.8 Å². The van der Waals surface area contributed by atoms with Crippen LogP contribution in [0.4, 0.5) is 5.69 Å². The lowest BCUT2D eigenvalue weighted by molar-refractivity contribution is -0.112. The van der Waals surface area contributed by atoms with E-state index in [-0.39, 0.29) is 5.57 Å². The molecule has 0 aliphatic rings. The predicted octanol–water partition coefficient (Wildman–Crippen LogP) is 4.49. The normalized spacial score (nSPS) is 11.3. The molecule has 0 saturated heterocycles. The lowest BCUT2D eigenvalue weighted by Crippen LogP contribution is -2.13. The maximum absolute atomic E-state index is 12.4. The Kier molecular flexibility index (Phi) is 4.50. The highest BCUT2D eigenvalue weighted by molar-refractivity contribution is 9.10. The fourth-order valence-electron chi connectivity index (χ4n) is 2.56. The van der Waals surface area contributed by atoms with E-state index in [0.29, 0.717) is 5.69 Å². The number of hydrogen-bond donors (Lipinski definition) is 1. The number of nitrogens with one attached hydrogen (secondary N) is 1. The standard InChI is InChI=1S/C19H14BrN3O/c1-23-12-14(17-7-2-3-8-18(17)23)9-13(11-21)19(24)22-16-6-4-5-15(20)10-16/h2-10,12H,1H3,(H,22,24)/b13-9+. The maximum Gasteiger partial charge on any atom is 0.266 e. The van der Waals surface area contributed by atoms with Gasteiger partial charge >= 0.3 is 0 Å². The molecule has 4 nitrogen and oxygen atoms in total. The Morgan fingerprint density at radius 2 is 2.04 bits per heavy atom. The number of nitrogens with zero attached hydrogens (tertiary/aromatic N) is 2. The average molecular weight is 380 g/mol. The second-order valence-electron chi connectivity index (χ2n) is 5.35. The summed E-state index contributed by atoms with van der Waals surface area (Å²) in [4.78, 5) is 12.4. The van der Waals surface area contributed by atoms with Gasteiger partial charge in [-0.2, -0.15) is 5.26 Å². The predicted molar refractivity (Wildman–Crippen MR) is 99.3 cm³/mol. The van der Waals surface area contributed by atoms with Crippen LogP contribution in [-0.4, -0.2) is 10.5 Å². The van der Waals surface area contributed by atoms with Crippen LogP contribution in [0.25, 0.3) is 17.0 Å². The van der Waals surface area contributed by atoms with E-state index in [1.54, 1.807) is 18.2 Å². The summed E-state index contributed by atoms with van der Waals surface area (Å²) in [5.74, 6) is -0.427. The number of amides is 1. The molecule has 24 heavy (non-hydrogen) atoms. The Hall–Kier alpha value is -2.84. The van der Waals surface area contributed by atoms with E-state index in [0.717, 1.165) is 20.9 Å². The van der Waals surface area contributed by atoms with Crippen LogP contribution in [0.5, 0.6) is 0 Å². The van der Waals surface area contributed by atoms with E-state index in [1.165, 1.54) is 0 Å². The second-order valence-corrected chi connectivity index (χ2v) is 6.26. The van der Waals surface area contributed by atoms with Gasteiger partial charge in [-0.1, -0.05) is 40.2 Å². The first-order chi connectivity index (χ1) is 11.6. The summed E-state index contributed by atoms with van der Waals surface area (Å²) < 4.78 is 2.83. The molecule has 0 aliphatic carbocycles. The van der Waals surface area contributed by atoms with Crippen molar-refractivity contribution in [2.45, 2.75) is 0 Å². The van der Waals surface area contributed by atoms with Crippen LogP contribution >= 0.6 is 15.9 Å². The highest BCUT2D eigenvalue weighted by Crippen LogP contribution is 2.23. The lowest BCUT2D eigenvalue weighted by atomic mass is 10.1. The fourth-order valence-corrected chi connectivity index (χ4v) is 2.96. The number of carbonyl (C=O) groups excluding carboxylic acids is 1. The van der Waals surface area contributed by atoms with Crippen LogP contribution in [0.3, 0.4) is 0 Å². The molecule has 0 atom stereocenters. The molecule has 3 aromatic rings. The highest BCUT2D eigenvalue weighted by atomic mass is 79.9. The van der Waals surface area contributed by atoms with E-state index in [2.05, 4.69) is 21.2 Å². The molecule has 1 heterocycles. The van der Waals surface area contributed by atoms with Crippen molar-refractivity contribution in [3.05, 3.63) is 70.3 Å². The molecular weight excluding hydrogens is 366 g/mol. The first-order valence-electron chi connectivity index (χ1n) is 7.31. The number of aromatic nitrogens is 1. The number of halogens is 1. The van der Waals surface area contributed by atoms with Crippen molar-refractivity contribution in [3.8, 4) is 6.07 Å². The van der Waals surface area contributed by atoms with Crippen LogP contribution in [0.15, 0.2) is 64.8 Å². The van der Waals surface area contributed by atoms with Crippen molar-refractivity contribution >= 4 is 44.5 Å². The summed E-state index contributed by atoms with van der Waals surface area (Å²) in [7, 11) is 1.94. The largest absolute Gasteiger partial charge is 0.350 e. The number of rotatable bonds is 3. The van der Waals surface area contributed by atoms with Crippen molar-refractivity contribution in [1.29, 1.82) is 5.26 Å². The molecule has 0 fully saturated rings. The molecule has 0 aliphatic heterocycles. The third-order valence-electron chi connectivity index (χ3n) is 3.68. The first-order valence-corrected chi connectivity index (χ1v) is 8.10. The van der Waals surface area contributed by atoms with E-state index >= 15 is 0 Å². The lowest BCUT2D eigenvalue weighted by Gasteiger charge is -2.04. The van der Waals surface area contributed by atoms with Crippen LogP contribution in [0.1, 0.15) is 5.56 Å². The Labute approximate surface area is 148 Å². The van der Waals surface area contributed by atoms with Crippen LogP contribution < -0.4 is 5.32 Å². The number of para-hydroxylation sites is 1. The van der Waals surface area contributed by atoms with Crippen molar-refractivity contribution < 1.29 is 4.79 Å². The van der Waals surface area contributed by atoms with Gasteiger partial charge in [0, 0.05) is 39.9 Å². The minimum atomic E-state index is -0.427. The SMILES string of the molecule is Cn1cc(/C=C(\C#N)C(=O)Nc2cccc(Br)c2)c2ccccc21. The zero-order chi connectivity index (χ0) is 17.1. The molecule has 1 amide bonds. The minimum Gasteiger partial charge on any atom is -0.350 e. The quantitative estimate of drug-likeness (QED) is 0.538. The molecule has 118 valence electrons. The van der Waals surface area contributed by atoms with Gasteiger partial charge in [0.05, 0.1) is 0 Å². The van der Waals surface area contributed by atoms with Crippen LogP contribution in [0, 0.1) is 11.3 Å². The van der Waals surface area contributed by atoms with Gasteiger partial charge in [0.15, 0.2) is 0 Å². The molecule has 0 bridgehead atoms. The number of aryl methyl sites for hydroxylation is 1. The Morgan fingerprint density at radius 3 is 2.79 bits per heavy atom. The topological polar surface area (TPSA) is 57.8 Å². The van der Waals surface area contributed by atoms with Gasteiger partial charge in [-0.25, -0.2) is 0 Å². The average Bonchev–Trinajstić information content (AvgIpc) is 2.89.